The minimum absolute atomic E-state index is 0.251. The van der Waals surface area contributed by atoms with Gasteiger partial charge in [-0.15, -0.1) is 0 Å². The summed E-state index contributed by atoms with van der Waals surface area (Å²) in [5.41, 5.74) is 2.13. The Bertz CT molecular complexity index is 314. The minimum atomic E-state index is 0.251. The number of halogens is 1. The number of aryl methyl sites for hydroxylation is 1. The minimum Gasteiger partial charge on any atom is -0.396 e. The molecule has 15 heavy (non-hydrogen) atoms. The maximum Gasteiger partial charge on any atom is 0.0455 e. The fraction of sp³-hybridized carbons (Fsp3) is 0.500. The number of rotatable bonds is 5. The van der Waals surface area contributed by atoms with Crippen LogP contribution in [0.25, 0.3) is 0 Å². The molecule has 0 saturated heterocycles. The van der Waals surface area contributed by atoms with Gasteiger partial charge in [-0.05, 0) is 44.4 Å². The van der Waals surface area contributed by atoms with Crippen LogP contribution < -0.4 is 5.32 Å². The molecule has 0 bridgehead atoms. The lowest BCUT2D eigenvalue weighted by Crippen LogP contribution is -2.15. The highest BCUT2D eigenvalue weighted by atomic mass is 35.5. The predicted molar refractivity (Wildman–Crippen MR) is 65.6 cm³/mol. The largest absolute Gasteiger partial charge is 0.396 e. The van der Waals surface area contributed by atoms with Gasteiger partial charge in [0, 0.05) is 23.4 Å². The highest BCUT2D eigenvalue weighted by Crippen LogP contribution is 2.20. The van der Waals surface area contributed by atoms with Gasteiger partial charge in [-0.25, -0.2) is 0 Å². The molecule has 3 heteroatoms. The van der Waals surface area contributed by atoms with Gasteiger partial charge in [-0.3, -0.25) is 0 Å². The van der Waals surface area contributed by atoms with E-state index in [1.165, 1.54) is 0 Å². The molecule has 0 aromatic heterocycles. The smallest absolute Gasteiger partial charge is 0.0455 e. The summed E-state index contributed by atoms with van der Waals surface area (Å²) in [7, 11) is 0. The summed E-state index contributed by atoms with van der Waals surface area (Å²) >= 11 is 6.02. The zero-order valence-electron chi connectivity index (χ0n) is 9.26. The maximum absolute atomic E-state index is 8.71. The van der Waals surface area contributed by atoms with Crippen molar-refractivity contribution in [3.8, 4) is 0 Å². The van der Waals surface area contributed by atoms with Crippen molar-refractivity contribution in [1.82, 2.24) is 0 Å². The first-order valence-electron chi connectivity index (χ1n) is 5.27. The van der Waals surface area contributed by atoms with Crippen LogP contribution in [0.4, 0.5) is 5.69 Å². The summed E-state index contributed by atoms with van der Waals surface area (Å²) in [6.45, 7) is 4.34. The van der Waals surface area contributed by atoms with Gasteiger partial charge in [-0.2, -0.15) is 0 Å². The van der Waals surface area contributed by atoms with Gasteiger partial charge in [0.2, 0.25) is 0 Å². The predicted octanol–water partition coefficient (Wildman–Crippen LogP) is 3.22. The van der Waals surface area contributed by atoms with Crippen LogP contribution >= 0.6 is 11.6 Å². The van der Waals surface area contributed by atoms with E-state index in [-0.39, 0.29) is 6.61 Å². The number of nitrogens with one attached hydrogen (secondary N) is 1. The zero-order chi connectivity index (χ0) is 11.3. The van der Waals surface area contributed by atoms with Crippen molar-refractivity contribution in [2.75, 3.05) is 11.9 Å². The van der Waals surface area contributed by atoms with E-state index < -0.39 is 0 Å². The fourth-order valence-corrected chi connectivity index (χ4v) is 1.62. The average Bonchev–Trinajstić information content (AvgIpc) is 2.20. The molecule has 1 unspecified atom stereocenters. The van der Waals surface area contributed by atoms with Crippen molar-refractivity contribution >= 4 is 17.3 Å². The Balaban J connectivity index is 2.53. The summed E-state index contributed by atoms with van der Waals surface area (Å²) in [4.78, 5) is 0. The lowest BCUT2D eigenvalue weighted by Gasteiger charge is -2.15. The van der Waals surface area contributed by atoms with Crippen molar-refractivity contribution in [1.29, 1.82) is 0 Å². The SMILES string of the molecule is Cc1ccc(NC(C)CCCO)cc1Cl. The van der Waals surface area contributed by atoms with Crippen molar-refractivity contribution < 1.29 is 5.11 Å². The first-order valence-corrected chi connectivity index (χ1v) is 5.65. The Labute approximate surface area is 96.3 Å². The summed E-state index contributed by atoms with van der Waals surface area (Å²) < 4.78 is 0. The van der Waals surface area contributed by atoms with Crippen LogP contribution in [0.1, 0.15) is 25.3 Å². The molecule has 1 aromatic rings. The first kappa shape index (κ1) is 12.3. The summed E-state index contributed by atoms with van der Waals surface area (Å²) in [6.07, 6.45) is 1.79. The van der Waals surface area contributed by atoms with Crippen molar-refractivity contribution in [3.05, 3.63) is 28.8 Å². The third-order valence-corrected chi connectivity index (χ3v) is 2.79. The number of aliphatic hydroxyl groups is 1. The molecule has 0 fully saturated rings. The Kier molecular flexibility index (Phi) is 4.92. The van der Waals surface area contributed by atoms with Crippen molar-refractivity contribution in [3.63, 3.8) is 0 Å². The second-order valence-electron chi connectivity index (χ2n) is 3.88. The molecular weight excluding hydrogens is 210 g/mol. The number of hydrogen-bond acceptors (Lipinski definition) is 2. The number of aliphatic hydroxyl groups excluding tert-OH is 1. The van der Waals surface area contributed by atoms with Crippen molar-refractivity contribution in [2.45, 2.75) is 32.7 Å². The lowest BCUT2D eigenvalue weighted by atomic mass is 10.1. The van der Waals surface area contributed by atoms with Crippen LogP contribution in [0, 0.1) is 6.92 Å². The zero-order valence-corrected chi connectivity index (χ0v) is 10.0. The van der Waals surface area contributed by atoms with Crippen molar-refractivity contribution in [2.24, 2.45) is 0 Å². The third kappa shape index (κ3) is 4.10. The van der Waals surface area contributed by atoms with Gasteiger partial charge >= 0.3 is 0 Å². The van der Waals surface area contributed by atoms with Crippen LogP contribution in [0.2, 0.25) is 5.02 Å². The molecule has 2 N–H and O–H groups in total. The molecule has 1 atom stereocenters. The highest BCUT2D eigenvalue weighted by Gasteiger charge is 2.02. The summed E-state index contributed by atoms with van der Waals surface area (Å²) in [5, 5.41) is 12.8. The topological polar surface area (TPSA) is 32.3 Å². The molecule has 0 heterocycles. The van der Waals surface area contributed by atoms with E-state index in [1.807, 2.05) is 25.1 Å². The average molecular weight is 228 g/mol. The normalized spacial score (nSPS) is 12.5. The maximum atomic E-state index is 8.71. The summed E-state index contributed by atoms with van der Waals surface area (Å²) in [5.74, 6) is 0. The molecule has 1 aromatic carbocycles. The standard InChI is InChI=1S/C12H18ClNO/c1-9-5-6-11(8-12(9)13)14-10(2)4-3-7-15/h5-6,8,10,14-15H,3-4,7H2,1-2H3. The number of benzene rings is 1. The highest BCUT2D eigenvalue weighted by molar-refractivity contribution is 6.31. The Morgan fingerprint density at radius 1 is 1.47 bits per heavy atom. The van der Waals surface area contributed by atoms with Gasteiger partial charge in [0.05, 0.1) is 0 Å². The van der Waals surface area contributed by atoms with E-state index in [1.54, 1.807) is 0 Å². The lowest BCUT2D eigenvalue weighted by molar-refractivity contribution is 0.282. The quantitative estimate of drug-likeness (QED) is 0.810. The van der Waals surface area contributed by atoms with Crippen LogP contribution in [-0.2, 0) is 0 Å². The van der Waals surface area contributed by atoms with E-state index in [0.29, 0.717) is 6.04 Å². The van der Waals surface area contributed by atoms with Crippen LogP contribution in [-0.4, -0.2) is 17.8 Å². The molecule has 0 aliphatic heterocycles. The van der Waals surface area contributed by atoms with Gasteiger partial charge in [0.15, 0.2) is 0 Å². The van der Waals surface area contributed by atoms with E-state index in [4.69, 9.17) is 16.7 Å². The molecule has 0 aliphatic rings. The molecule has 0 amide bonds. The van der Waals surface area contributed by atoms with Gasteiger partial charge in [-0.1, -0.05) is 17.7 Å². The van der Waals surface area contributed by atoms with Crippen LogP contribution in [0.15, 0.2) is 18.2 Å². The second-order valence-corrected chi connectivity index (χ2v) is 4.28. The Morgan fingerprint density at radius 3 is 2.80 bits per heavy atom. The molecular formula is C12H18ClNO. The van der Waals surface area contributed by atoms with Crippen LogP contribution in [0.5, 0.6) is 0 Å². The summed E-state index contributed by atoms with van der Waals surface area (Å²) in [6, 6.07) is 6.32. The van der Waals surface area contributed by atoms with E-state index in [9.17, 15) is 0 Å². The first-order chi connectivity index (χ1) is 7.13. The number of anilines is 1. The molecule has 0 spiro atoms. The fourth-order valence-electron chi connectivity index (χ4n) is 1.44. The van der Waals surface area contributed by atoms with Gasteiger partial charge in [0.25, 0.3) is 0 Å². The monoisotopic (exact) mass is 227 g/mol. The Morgan fingerprint density at radius 2 is 2.20 bits per heavy atom. The second kappa shape index (κ2) is 5.99. The molecule has 84 valence electrons. The molecule has 0 saturated carbocycles. The molecule has 2 nitrogen and oxygen atoms in total. The van der Waals surface area contributed by atoms with E-state index in [2.05, 4.69) is 12.2 Å². The third-order valence-electron chi connectivity index (χ3n) is 2.38. The molecule has 0 radical (unpaired) electrons. The van der Waals surface area contributed by atoms with E-state index >= 15 is 0 Å². The van der Waals surface area contributed by atoms with Gasteiger partial charge in [0.1, 0.15) is 0 Å². The molecule has 1 rings (SSSR count). The Hall–Kier alpha value is -0.730. The van der Waals surface area contributed by atoms with Gasteiger partial charge < -0.3 is 10.4 Å². The molecule has 0 aliphatic carbocycles. The number of hydrogen-bond donors (Lipinski definition) is 2. The van der Waals surface area contributed by atoms with Crippen LogP contribution in [0.3, 0.4) is 0 Å². The van der Waals surface area contributed by atoms with E-state index in [0.717, 1.165) is 29.1 Å².